The van der Waals surface area contributed by atoms with Crippen molar-refractivity contribution in [3.8, 4) is 0 Å². The molecule has 0 radical (unpaired) electrons. The Morgan fingerprint density at radius 1 is 0.400 bits per heavy atom. The first-order valence-electron chi connectivity index (χ1n) is 30.9. The summed E-state index contributed by atoms with van der Waals surface area (Å²) in [5.41, 5.74) is 0. The zero-order valence-electron chi connectivity index (χ0n) is 46.7. The van der Waals surface area contributed by atoms with Crippen molar-refractivity contribution in [2.24, 2.45) is 0 Å². The third-order valence-electron chi connectivity index (χ3n) is 14.1. The number of hydrogen-bond acceptors (Lipinski definition) is 5. The minimum absolute atomic E-state index is 0.00494. The van der Waals surface area contributed by atoms with E-state index in [-0.39, 0.29) is 18.5 Å². The van der Waals surface area contributed by atoms with Gasteiger partial charge in [-0.2, -0.15) is 0 Å². The first kappa shape index (κ1) is 67.8. The van der Waals surface area contributed by atoms with Gasteiger partial charge in [-0.15, -0.1) is 0 Å². The number of unbranched alkanes of at least 4 members (excludes halogenated alkanes) is 40. The third kappa shape index (κ3) is 55.1. The molecule has 1 amide bonds. The number of ether oxygens (including phenoxy) is 1. The van der Waals surface area contributed by atoms with Crippen LogP contribution in [0.1, 0.15) is 322 Å². The molecule has 0 saturated heterocycles. The van der Waals surface area contributed by atoms with Gasteiger partial charge in [-0.25, -0.2) is 0 Å². The van der Waals surface area contributed by atoms with E-state index in [2.05, 4.69) is 55.6 Å². The Bertz CT molecular complexity index is 1180. The van der Waals surface area contributed by atoms with Crippen LogP contribution < -0.4 is 5.32 Å². The van der Waals surface area contributed by atoms with Gasteiger partial charge in [-0.1, -0.05) is 268 Å². The Hall–Kier alpha value is -2.18. The van der Waals surface area contributed by atoms with Gasteiger partial charge in [0.25, 0.3) is 0 Å². The lowest BCUT2D eigenvalue weighted by Gasteiger charge is -2.20. The van der Waals surface area contributed by atoms with Crippen LogP contribution >= 0.6 is 0 Å². The first-order valence-corrected chi connectivity index (χ1v) is 30.9. The molecule has 0 spiro atoms. The minimum Gasteiger partial charge on any atom is -0.466 e. The smallest absolute Gasteiger partial charge is 0.305 e. The predicted octanol–water partition coefficient (Wildman–Crippen LogP) is 19.4. The van der Waals surface area contributed by atoms with E-state index in [1.807, 2.05) is 6.08 Å². The van der Waals surface area contributed by atoms with Gasteiger partial charge in [0.1, 0.15) is 0 Å². The summed E-state index contributed by atoms with van der Waals surface area (Å²) >= 11 is 0. The maximum absolute atomic E-state index is 12.5. The van der Waals surface area contributed by atoms with Crippen LogP contribution in [0.25, 0.3) is 0 Å². The summed E-state index contributed by atoms with van der Waals surface area (Å²) in [6, 6.07) is -0.634. The molecule has 0 aromatic rings. The average Bonchev–Trinajstić information content (AvgIpc) is 3.36. The number of amides is 1. The highest BCUT2D eigenvalue weighted by Gasteiger charge is 2.18. The largest absolute Gasteiger partial charge is 0.466 e. The second-order valence-corrected chi connectivity index (χ2v) is 21.0. The van der Waals surface area contributed by atoms with Crippen molar-refractivity contribution in [2.45, 2.75) is 334 Å². The van der Waals surface area contributed by atoms with E-state index < -0.39 is 12.1 Å². The summed E-state index contributed by atoms with van der Waals surface area (Å²) in [7, 11) is 0. The number of aliphatic hydroxyl groups is 2. The van der Waals surface area contributed by atoms with E-state index in [1.54, 1.807) is 6.08 Å². The molecule has 410 valence electrons. The molecular weight excluding hydrogens is 863 g/mol. The van der Waals surface area contributed by atoms with E-state index in [4.69, 9.17) is 4.74 Å². The van der Waals surface area contributed by atoms with Crippen LogP contribution in [0.4, 0.5) is 0 Å². The van der Waals surface area contributed by atoms with Crippen LogP contribution in [0.2, 0.25) is 0 Å². The van der Waals surface area contributed by atoms with Gasteiger partial charge in [0.2, 0.25) is 5.91 Å². The fourth-order valence-electron chi connectivity index (χ4n) is 9.31. The first-order chi connectivity index (χ1) is 34.5. The minimum atomic E-state index is -0.850. The van der Waals surface area contributed by atoms with Gasteiger partial charge in [0.05, 0.1) is 25.4 Å². The molecule has 6 heteroatoms. The molecule has 70 heavy (non-hydrogen) atoms. The fraction of sp³-hybridized carbons (Fsp3) is 0.844. The van der Waals surface area contributed by atoms with Crippen LogP contribution in [0.15, 0.2) is 48.6 Å². The SMILES string of the molecule is CCCCC/C=C\C/C=C\CCCCCCCC(=O)OCCCCCCCCCCCCC/C=C\CCCCCCCCCC(=O)NC(CO)C(O)/C=C/CCCCCCCCCCCCCCCC. The molecule has 0 fully saturated rings. The van der Waals surface area contributed by atoms with Crippen molar-refractivity contribution in [1.29, 1.82) is 0 Å². The zero-order valence-corrected chi connectivity index (χ0v) is 46.7. The topological polar surface area (TPSA) is 95.9 Å². The van der Waals surface area contributed by atoms with Crippen molar-refractivity contribution in [2.75, 3.05) is 13.2 Å². The van der Waals surface area contributed by atoms with E-state index >= 15 is 0 Å². The van der Waals surface area contributed by atoms with Gasteiger partial charge in [-0.05, 0) is 89.9 Å². The van der Waals surface area contributed by atoms with E-state index in [0.29, 0.717) is 19.4 Å². The number of esters is 1. The predicted molar refractivity (Wildman–Crippen MR) is 306 cm³/mol. The quantitative estimate of drug-likeness (QED) is 0.0321. The fourth-order valence-corrected chi connectivity index (χ4v) is 9.31. The Balaban J connectivity index is 3.45. The highest BCUT2D eigenvalue weighted by atomic mass is 16.5. The molecule has 0 aliphatic rings. The molecule has 0 rings (SSSR count). The Morgan fingerprint density at radius 3 is 1.13 bits per heavy atom. The standard InChI is InChI=1S/C64H119NO5/c1-3-5-7-9-11-13-15-17-19-29-32-36-40-44-48-52-56-62(67)61(60-66)65-63(68)57-53-49-45-41-37-33-30-26-24-22-20-21-23-25-27-31-35-39-43-47-51-55-59-70-64(69)58-54-50-46-42-38-34-28-18-16-14-12-10-8-6-4-2/h12,14,18,22,24,28,52,56,61-62,66-67H,3-11,13,15-17,19-21,23,25-27,29-51,53-55,57-60H2,1-2H3,(H,65,68)/b14-12-,24-22-,28-18-,56-52+. The van der Waals surface area contributed by atoms with Crippen LogP contribution in [0.5, 0.6) is 0 Å². The number of carbonyl (C=O) groups is 2. The molecule has 0 aliphatic carbocycles. The van der Waals surface area contributed by atoms with Gasteiger partial charge in [-0.3, -0.25) is 9.59 Å². The number of nitrogens with one attached hydrogen (secondary N) is 1. The van der Waals surface area contributed by atoms with E-state index in [9.17, 15) is 19.8 Å². The maximum Gasteiger partial charge on any atom is 0.305 e. The molecule has 6 nitrogen and oxygen atoms in total. The summed E-state index contributed by atoms with van der Waals surface area (Å²) < 4.78 is 5.47. The highest BCUT2D eigenvalue weighted by Crippen LogP contribution is 2.16. The molecule has 2 atom stereocenters. The Labute approximate surface area is 436 Å². The van der Waals surface area contributed by atoms with Crippen molar-refractivity contribution in [3.05, 3.63) is 48.6 Å². The summed E-state index contributed by atoms with van der Waals surface area (Å²) in [5, 5.41) is 23.1. The lowest BCUT2D eigenvalue weighted by atomic mass is 10.0. The van der Waals surface area contributed by atoms with Crippen molar-refractivity contribution in [1.82, 2.24) is 5.32 Å². The Morgan fingerprint density at radius 2 is 0.714 bits per heavy atom. The van der Waals surface area contributed by atoms with Crippen molar-refractivity contribution in [3.63, 3.8) is 0 Å². The number of aliphatic hydroxyl groups excluding tert-OH is 2. The Kier molecular flexibility index (Phi) is 57.5. The maximum atomic E-state index is 12.5. The van der Waals surface area contributed by atoms with Gasteiger partial charge < -0.3 is 20.3 Å². The lowest BCUT2D eigenvalue weighted by Crippen LogP contribution is -2.45. The van der Waals surface area contributed by atoms with Crippen LogP contribution in [-0.4, -0.2) is 47.4 Å². The van der Waals surface area contributed by atoms with Gasteiger partial charge >= 0.3 is 5.97 Å². The van der Waals surface area contributed by atoms with Crippen LogP contribution in [-0.2, 0) is 14.3 Å². The number of carbonyl (C=O) groups excluding carboxylic acids is 2. The summed E-state index contributed by atoms with van der Waals surface area (Å²) in [4.78, 5) is 24.5. The molecule has 0 aliphatic heterocycles. The normalized spacial score (nSPS) is 12.9. The molecule has 0 bridgehead atoms. The molecule has 2 unspecified atom stereocenters. The van der Waals surface area contributed by atoms with Crippen molar-refractivity contribution < 1.29 is 24.5 Å². The number of allylic oxidation sites excluding steroid dienone is 7. The molecule has 0 aromatic heterocycles. The molecule has 3 N–H and O–H groups in total. The number of hydrogen-bond donors (Lipinski definition) is 3. The molecule has 0 heterocycles. The highest BCUT2D eigenvalue weighted by molar-refractivity contribution is 5.76. The van der Waals surface area contributed by atoms with E-state index in [1.165, 1.54) is 238 Å². The van der Waals surface area contributed by atoms with Crippen LogP contribution in [0.3, 0.4) is 0 Å². The second kappa shape index (κ2) is 59.4. The molecule has 0 aromatic carbocycles. The molecular formula is C64H119NO5. The second-order valence-electron chi connectivity index (χ2n) is 21.0. The van der Waals surface area contributed by atoms with E-state index in [0.717, 1.165) is 57.8 Å². The molecule has 0 saturated carbocycles. The lowest BCUT2D eigenvalue weighted by molar-refractivity contribution is -0.143. The third-order valence-corrected chi connectivity index (χ3v) is 14.1. The monoisotopic (exact) mass is 982 g/mol. The summed E-state index contributed by atoms with van der Waals surface area (Å²) in [5.74, 6) is -0.0793. The number of rotatable bonds is 57. The van der Waals surface area contributed by atoms with Gasteiger partial charge in [0, 0.05) is 12.8 Å². The average molecular weight is 983 g/mol. The van der Waals surface area contributed by atoms with Crippen molar-refractivity contribution >= 4 is 11.9 Å². The summed E-state index contributed by atoms with van der Waals surface area (Å²) in [6.45, 7) is 4.87. The zero-order chi connectivity index (χ0) is 50.7. The van der Waals surface area contributed by atoms with Gasteiger partial charge in [0.15, 0.2) is 0 Å². The van der Waals surface area contributed by atoms with Crippen LogP contribution in [0, 0.1) is 0 Å². The summed E-state index contributed by atoms with van der Waals surface area (Å²) in [6.07, 6.45) is 75.7.